The Morgan fingerprint density at radius 3 is 2.58 bits per heavy atom. The molecule has 0 unspecified atom stereocenters. The van der Waals surface area contributed by atoms with Crippen LogP contribution in [0.1, 0.15) is 35.3 Å². The van der Waals surface area contributed by atoms with E-state index >= 15 is 0 Å². The maximum absolute atomic E-state index is 12.4. The van der Waals surface area contributed by atoms with Gasteiger partial charge in [-0.25, -0.2) is 0 Å². The van der Waals surface area contributed by atoms with Crippen molar-refractivity contribution < 1.29 is 19.7 Å². The van der Waals surface area contributed by atoms with Gasteiger partial charge in [0.15, 0.2) is 17.3 Å². The molecule has 122 valence electrons. The smallest absolute Gasteiger partial charge is 0.189 e. The van der Waals surface area contributed by atoms with Crippen molar-refractivity contribution in [2.75, 3.05) is 0 Å². The Kier molecular flexibility index (Phi) is 3.89. The van der Waals surface area contributed by atoms with Crippen molar-refractivity contribution in [1.82, 2.24) is 0 Å². The number of rotatable bonds is 3. The zero-order chi connectivity index (χ0) is 17.3. The van der Waals surface area contributed by atoms with E-state index in [1.807, 2.05) is 44.2 Å². The van der Waals surface area contributed by atoms with Gasteiger partial charge in [0, 0.05) is 0 Å². The Balaban J connectivity index is 1.97. The summed E-state index contributed by atoms with van der Waals surface area (Å²) in [7, 11) is 0. The molecule has 2 aromatic carbocycles. The molecule has 0 fully saturated rings. The van der Waals surface area contributed by atoms with E-state index in [1.54, 1.807) is 18.2 Å². The van der Waals surface area contributed by atoms with Gasteiger partial charge in [0.05, 0.1) is 11.1 Å². The van der Waals surface area contributed by atoms with Crippen LogP contribution in [0.3, 0.4) is 0 Å². The highest BCUT2D eigenvalue weighted by atomic mass is 16.5. The summed E-state index contributed by atoms with van der Waals surface area (Å²) < 4.78 is 5.67. The normalized spacial score (nSPS) is 15.1. The minimum absolute atomic E-state index is 0.0337. The number of carbonyl (C=O) groups is 1. The number of hydrogen-bond acceptors (Lipinski definition) is 4. The first-order valence-corrected chi connectivity index (χ1v) is 7.62. The number of carbonyl (C=O) groups excluding carboxylic acids is 1. The number of ether oxygens (including phenoxy) is 1. The number of benzene rings is 2. The number of ketones is 1. The van der Waals surface area contributed by atoms with Gasteiger partial charge in [0.25, 0.3) is 0 Å². The first-order chi connectivity index (χ1) is 11.4. The van der Waals surface area contributed by atoms with Gasteiger partial charge in [-0.2, -0.15) is 0 Å². The number of hydrogen-bond donors (Lipinski definition) is 2. The molecule has 0 bridgehead atoms. The van der Waals surface area contributed by atoms with Gasteiger partial charge in [-0.05, 0) is 43.7 Å². The maximum atomic E-state index is 12.4. The van der Waals surface area contributed by atoms with Crippen LogP contribution in [0.5, 0.6) is 17.2 Å². The molecule has 0 saturated heterocycles. The van der Waals surface area contributed by atoms with Crippen LogP contribution in [0.4, 0.5) is 0 Å². The molecule has 0 atom stereocenters. The van der Waals surface area contributed by atoms with Crippen molar-refractivity contribution in [1.29, 1.82) is 0 Å². The van der Waals surface area contributed by atoms with Crippen molar-refractivity contribution in [2.24, 2.45) is 0 Å². The molecule has 1 aliphatic heterocycles. The summed E-state index contributed by atoms with van der Waals surface area (Å²) in [6.45, 7) is 3.68. The highest BCUT2D eigenvalue weighted by Crippen LogP contribution is 2.44. The average molecular weight is 322 g/mol. The summed E-state index contributed by atoms with van der Waals surface area (Å²) in [6.07, 6.45) is 6.45. The Hall–Kier alpha value is -3.01. The van der Waals surface area contributed by atoms with Crippen molar-refractivity contribution in [3.63, 3.8) is 0 Å². The lowest BCUT2D eigenvalue weighted by molar-refractivity contribution is 0.104. The first-order valence-electron chi connectivity index (χ1n) is 7.62. The van der Waals surface area contributed by atoms with Crippen LogP contribution < -0.4 is 4.74 Å². The molecule has 0 spiro atoms. The van der Waals surface area contributed by atoms with Crippen LogP contribution in [-0.4, -0.2) is 21.6 Å². The van der Waals surface area contributed by atoms with Crippen molar-refractivity contribution in [2.45, 2.75) is 19.4 Å². The van der Waals surface area contributed by atoms with Gasteiger partial charge < -0.3 is 14.9 Å². The fourth-order valence-electron chi connectivity index (χ4n) is 2.52. The van der Waals surface area contributed by atoms with Crippen LogP contribution in [0.2, 0.25) is 0 Å². The SMILES string of the molecule is CC1(C)C=Cc2c(O)c(C(=O)C=Cc3ccccc3)cc(O)c2O1. The van der Waals surface area contributed by atoms with Crippen molar-refractivity contribution >= 4 is 17.9 Å². The third kappa shape index (κ3) is 3.04. The number of fused-ring (bicyclic) bond motifs is 1. The van der Waals surface area contributed by atoms with Crippen LogP contribution in [0.25, 0.3) is 12.2 Å². The third-order valence-corrected chi connectivity index (χ3v) is 3.78. The molecule has 24 heavy (non-hydrogen) atoms. The molecule has 4 nitrogen and oxygen atoms in total. The highest BCUT2D eigenvalue weighted by molar-refractivity contribution is 6.10. The van der Waals surface area contributed by atoms with Crippen molar-refractivity contribution in [3.05, 3.63) is 65.2 Å². The lowest BCUT2D eigenvalue weighted by Crippen LogP contribution is -2.27. The van der Waals surface area contributed by atoms with E-state index < -0.39 is 11.4 Å². The Labute approximate surface area is 140 Å². The number of phenols is 2. The van der Waals surface area contributed by atoms with E-state index in [2.05, 4.69) is 0 Å². The summed E-state index contributed by atoms with van der Waals surface area (Å²) in [4.78, 5) is 12.4. The van der Waals surface area contributed by atoms with E-state index in [0.717, 1.165) is 5.56 Å². The molecular formula is C20H18O4. The largest absolute Gasteiger partial charge is 0.506 e. The quantitative estimate of drug-likeness (QED) is 0.505. The lowest BCUT2D eigenvalue weighted by atomic mass is 9.97. The second-order valence-electron chi connectivity index (χ2n) is 6.18. The Bertz CT molecular complexity index is 846. The van der Waals surface area contributed by atoms with Crippen molar-refractivity contribution in [3.8, 4) is 17.2 Å². The zero-order valence-corrected chi connectivity index (χ0v) is 13.5. The summed E-state index contributed by atoms with van der Waals surface area (Å²) in [5, 5.41) is 20.6. The molecule has 2 aromatic rings. The van der Waals surface area contributed by atoms with Gasteiger partial charge in [-0.1, -0.05) is 36.4 Å². The molecule has 4 heteroatoms. The van der Waals surface area contributed by atoms with Gasteiger partial charge in [0.1, 0.15) is 11.4 Å². The molecule has 3 rings (SSSR count). The van der Waals surface area contributed by atoms with Gasteiger partial charge in [0.2, 0.25) is 0 Å². The van der Waals surface area contributed by atoms with Gasteiger partial charge in [-0.15, -0.1) is 0 Å². The number of aromatic hydroxyl groups is 2. The average Bonchev–Trinajstić information content (AvgIpc) is 2.56. The van der Waals surface area contributed by atoms with E-state index in [0.29, 0.717) is 5.56 Å². The van der Waals surface area contributed by atoms with Crippen LogP contribution >= 0.6 is 0 Å². The molecule has 0 radical (unpaired) electrons. The standard InChI is InChI=1S/C20H18O4/c1-20(2)11-10-14-18(23)15(12-17(22)19(14)24-20)16(21)9-8-13-6-4-3-5-7-13/h3-12,22-23H,1-2H3. The van der Waals surface area contributed by atoms with Crippen LogP contribution in [-0.2, 0) is 0 Å². The first kappa shape index (κ1) is 15.9. The summed E-state index contributed by atoms with van der Waals surface area (Å²) >= 11 is 0. The predicted octanol–water partition coefficient (Wildman–Crippen LogP) is 4.18. The number of allylic oxidation sites excluding steroid dienone is 1. The van der Waals surface area contributed by atoms with E-state index in [1.165, 1.54) is 12.1 Å². The van der Waals surface area contributed by atoms with E-state index in [9.17, 15) is 15.0 Å². The molecule has 1 aliphatic rings. The minimum atomic E-state index is -0.588. The van der Waals surface area contributed by atoms with Crippen LogP contribution in [0, 0.1) is 0 Å². The minimum Gasteiger partial charge on any atom is -0.506 e. The molecule has 0 aromatic heterocycles. The summed E-state index contributed by atoms with van der Waals surface area (Å²) in [6, 6.07) is 10.6. The molecule has 2 N–H and O–H groups in total. The number of phenolic OH excluding ortho intramolecular Hbond substituents is 2. The Morgan fingerprint density at radius 1 is 1.17 bits per heavy atom. The van der Waals surface area contributed by atoms with E-state index in [4.69, 9.17) is 4.74 Å². The molecule has 0 aliphatic carbocycles. The second-order valence-corrected chi connectivity index (χ2v) is 6.18. The maximum Gasteiger partial charge on any atom is 0.189 e. The Morgan fingerprint density at radius 2 is 1.88 bits per heavy atom. The molecule has 0 saturated carbocycles. The monoisotopic (exact) mass is 322 g/mol. The summed E-state index contributed by atoms with van der Waals surface area (Å²) in [5.41, 5.74) is 0.630. The second kappa shape index (κ2) is 5.89. The van der Waals surface area contributed by atoms with E-state index in [-0.39, 0.29) is 22.8 Å². The predicted molar refractivity (Wildman–Crippen MR) is 93.3 cm³/mol. The fourth-order valence-corrected chi connectivity index (χ4v) is 2.52. The lowest BCUT2D eigenvalue weighted by Gasteiger charge is -2.29. The summed E-state index contributed by atoms with van der Waals surface area (Å²) in [5.74, 6) is -0.578. The molecule has 0 amide bonds. The zero-order valence-electron chi connectivity index (χ0n) is 13.5. The van der Waals surface area contributed by atoms with Gasteiger partial charge in [-0.3, -0.25) is 4.79 Å². The van der Waals surface area contributed by atoms with Crippen LogP contribution in [0.15, 0.2) is 48.6 Å². The fraction of sp³-hybridized carbons (Fsp3) is 0.150. The highest BCUT2D eigenvalue weighted by Gasteiger charge is 2.28. The third-order valence-electron chi connectivity index (χ3n) is 3.78. The van der Waals surface area contributed by atoms with Gasteiger partial charge >= 0.3 is 0 Å². The molecular weight excluding hydrogens is 304 g/mol. The topological polar surface area (TPSA) is 66.8 Å². The molecule has 1 heterocycles.